The van der Waals surface area contributed by atoms with Crippen LogP contribution >= 0.6 is 24.8 Å². The summed E-state index contributed by atoms with van der Waals surface area (Å²) < 4.78 is 13.3. The second-order valence-corrected chi connectivity index (χ2v) is 3.73. The molecule has 0 unspecified atom stereocenters. The summed E-state index contributed by atoms with van der Waals surface area (Å²) in [5.41, 5.74) is 0.864. The molecule has 0 saturated carbocycles. The van der Waals surface area contributed by atoms with E-state index in [1.54, 1.807) is 6.08 Å². The summed E-state index contributed by atoms with van der Waals surface area (Å²) in [6.45, 7) is 0. The Morgan fingerprint density at radius 3 is 2.92 bits per heavy atom. The van der Waals surface area contributed by atoms with Gasteiger partial charge in [-0.2, -0.15) is 0 Å². The SMILES string of the molecule is NSNC1=CCC(=S=O)C=C1S. The van der Waals surface area contributed by atoms with Crippen molar-refractivity contribution in [1.82, 2.24) is 4.72 Å². The molecule has 0 heterocycles. The van der Waals surface area contributed by atoms with Crippen LogP contribution in [0.4, 0.5) is 0 Å². The highest BCUT2D eigenvalue weighted by molar-refractivity contribution is 7.95. The van der Waals surface area contributed by atoms with Crippen LogP contribution in [-0.4, -0.2) is 9.07 Å². The van der Waals surface area contributed by atoms with Gasteiger partial charge in [0.15, 0.2) is 0 Å². The molecule has 6 heteroatoms. The van der Waals surface area contributed by atoms with E-state index >= 15 is 0 Å². The molecule has 0 aliphatic heterocycles. The quantitative estimate of drug-likeness (QED) is 0.362. The molecule has 1 aliphatic rings. The minimum absolute atomic E-state index is 0.501. The van der Waals surface area contributed by atoms with Crippen LogP contribution in [-0.2, 0) is 11.3 Å². The van der Waals surface area contributed by atoms with Gasteiger partial charge in [-0.25, -0.2) is 4.21 Å². The second-order valence-electron chi connectivity index (χ2n) is 2.12. The van der Waals surface area contributed by atoms with Crippen molar-refractivity contribution in [3.8, 4) is 0 Å². The first kappa shape index (κ1) is 9.91. The van der Waals surface area contributed by atoms with E-state index in [1.165, 1.54) is 0 Å². The molecule has 1 rings (SSSR count). The molecular formula is C6H8N2OS3. The van der Waals surface area contributed by atoms with E-state index in [1.807, 2.05) is 6.08 Å². The van der Waals surface area contributed by atoms with Gasteiger partial charge >= 0.3 is 0 Å². The molecule has 1 aliphatic carbocycles. The standard InChI is InChI=1S/C6H8N2OS3/c7-12-8-5-2-1-4(11-9)3-6(5)10/h2-3,8,10H,1,7H2. The average Bonchev–Trinajstić information content (AvgIpc) is 2.09. The molecule has 0 spiro atoms. The topological polar surface area (TPSA) is 55.1 Å². The van der Waals surface area contributed by atoms with Gasteiger partial charge in [0.2, 0.25) is 0 Å². The number of allylic oxidation sites excluding steroid dienone is 2. The molecule has 0 aromatic rings. The summed E-state index contributed by atoms with van der Waals surface area (Å²) in [5.74, 6) is 0. The predicted molar refractivity (Wildman–Crippen MR) is 57.8 cm³/mol. The van der Waals surface area contributed by atoms with Crippen molar-refractivity contribution in [3.63, 3.8) is 0 Å². The molecule has 0 aromatic carbocycles. The lowest BCUT2D eigenvalue weighted by atomic mass is 10.1. The van der Waals surface area contributed by atoms with Gasteiger partial charge in [0.1, 0.15) is 0 Å². The molecule has 0 aromatic heterocycles. The molecule has 3 nitrogen and oxygen atoms in total. The number of nitrogens with two attached hydrogens (primary N) is 1. The number of nitrogens with one attached hydrogen (secondary N) is 1. The number of thiol groups is 1. The van der Waals surface area contributed by atoms with Crippen molar-refractivity contribution < 1.29 is 4.21 Å². The summed E-state index contributed by atoms with van der Waals surface area (Å²) in [6.07, 6.45) is 4.29. The lowest BCUT2D eigenvalue weighted by Gasteiger charge is -2.11. The summed E-state index contributed by atoms with van der Waals surface area (Å²) in [6, 6.07) is 0. The first-order valence-electron chi connectivity index (χ1n) is 3.16. The molecule has 12 heavy (non-hydrogen) atoms. The Kier molecular flexibility index (Phi) is 3.93. The fourth-order valence-corrected chi connectivity index (χ4v) is 1.92. The lowest BCUT2D eigenvalue weighted by molar-refractivity contribution is 0.701. The molecule has 66 valence electrons. The molecule has 0 fully saturated rings. The van der Waals surface area contributed by atoms with Crippen molar-refractivity contribution in [2.45, 2.75) is 6.42 Å². The monoisotopic (exact) mass is 220 g/mol. The molecular weight excluding hydrogens is 212 g/mol. The normalized spacial score (nSPS) is 16.7. The van der Waals surface area contributed by atoms with Crippen LogP contribution < -0.4 is 9.86 Å². The fourth-order valence-electron chi connectivity index (χ4n) is 0.812. The van der Waals surface area contributed by atoms with Crippen LogP contribution in [0, 0.1) is 0 Å². The Balaban J connectivity index is 2.79. The van der Waals surface area contributed by atoms with Crippen molar-refractivity contribution in [3.05, 3.63) is 22.8 Å². The van der Waals surface area contributed by atoms with Gasteiger partial charge in [-0.1, -0.05) is 6.08 Å². The minimum atomic E-state index is 0.501. The van der Waals surface area contributed by atoms with E-state index in [0.29, 0.717) is 17.7 Å². The predicted octanol–water partition coefficient (Wildman–Crippen LogP) is 0.585. The van der Waals surface area contributed by atoms with Gasteiger partial charge in [-0.15, -0.1) is 12.6 Å². The number of hydrogen-bond donors (Lipinski definition) is 3. The highest BCUT2D eigenvalue weighted by Gasteiger charge is 2.07. The molecule has 0 amide bonds. The third-order valence-electron chi connectivity index (χ3n) is 1.36. The largest absolute Gasteiger partial charge is 0.316 e. The Bertz CT molecular complexity index is 291. The maximum Gasteiger partial charge on any atom is 0.0924 e. The summed E-state index contributed by atoms with van der Waals surface area (Å²) in [7, 11) is 0. The third kappa shape index (κ3) is 2.41. The second kappa shape index (κ2) is 4.76. The Morgan fingerprint density at radius 2 is 2.42 bits per heavy atom. The lowest BCUT2D eigenvalue weighted by Crippen LogP contribution is -2.11. The van der Waals surface area contributed by atoms with Crippen LogP contribution in [0.3, 0.4) is 0 Å². The van der Waals surface area contributed by atoms with Crippen LogP contribution in [0.1, 0.15) is 6.42 Å². The smallest absolute Gasteiger partial charge is 0.0924 e. The maximum atomic E-state index is 10.4. The van der Waals surface area contributed by atoms with E-state index in [4.69, 9.17) is 5.14 Å². The molecule has 0 radical (unpaired) electrons. The van der Waals surface area contributed by atoms with Crippen molar-refractivity contribution in [2.75, 3.05) is 0 Å². The highest BCUT2D eigenvalue weighted by Crippen LogP contribution is 2.18. The van der Waals surface area contributed by atoms with E-state index in [2.05, 4.69) is 17.4 Å². The van der Waals surface area contributed by atoms with Crippen molar-refractivity contribution >= 4 is 40.9 Å². The van der Waals surface area contributed by atoms with Crippen LogP contribution in [0.2, 0.25) is 0 Å². The first-order valence-corrected chi connectivity index (χ1v) is 5.23. The van der Waals surface area contributed by atoms with E-state index in [-0.39, 0.29) is 0 Å². The van der Waals surface area contributed by atoms with Crippen molar-refractivity contribution in [1.29, 1.82) is 0 Å². The highest BCUT2D eigenvalue weighted by atomic mass is 32.2. The zero-order valence-corrected chi connectivity index (χ0v) is 8.64. The third-order valence-corrected chi connectivity index (χ3v) is 2.56. The Morgan fingerprint density at radius 1 is 1.67 bits per heavy atom. The van der Waals surface area contributed by atoms with Gasteiger partial charge in [0.25, 0.3) is 0 Å². The Hall–Kier alpha value is -0.170. The molecule has 0 atom stereocenters. The zero-order valence-electron chi connectivity index (χ0n) is 6.11. The zero-order chi connectivity index (χ0) is 8.97. The molecule has 3 N–H and O–H groups in total. The number of rotatable bonds is 2. The van der Waals surface area contributed by atoms with Crippen LogP contribution in [0.25, 0.3) is 0 Å². The summed E-state index contributed by atoms with van der Waals surface area (Å²) in [5, 5.41) is 5.22. The molecule has 0 saturated heterocycles. The maximum absolute atomic E-state index is 10.4. The fraction of sp³-hybridized carbons (Fsp3) is 0.167. The summed E-state index contributed by atoms with van der Waals surface area (Å²) >= 11 is 5.71. The van der Waals surface area contributed by atoms with Crippen LogP contribution in [0.5, 0.6) is 0 Å². The summed E-state index contributed by atoms with van der Waals surface area (Å²) in [4.78, 5) is 1.52. The molecule has 0 bridgehead atoms. The van der Waals surface area contributed by atoms with Gasteiger partial charge in [0.05, 0.1) is 21.8 Å². The van der Waals surface area contributed by atoms with E-state index in [9.17, 15) is 4.21 Å². The van der Waals surface area contributed by atoms with E-state index < -0.39 is 0 Å². The van der Waals surface area contributed by atoms with Crippen LogP contribution in [0.15, 0.2) is 22.8 Å². The first-order chi connectivity index (χ1) is 5.77. The van der Waals surface area contributed by atoms with Gasteiger partial charge in [-0.05, 0) is 6.08 Å². The minimum Gasteiger partial charge on any atom is -0.316 e. The average molecular weight is 220 g/mol. The van der Waals surface area contributed by atoms with Crippen molar-refractivity contribution in [2.24, 2.45) is 5.14 Å². The van der Waals surface area contributed by atoms with E-state index in [0.717, 1.165) is 27.6 Å². The number of hydrogen-bond acceptors (Lipinski definition) is 5. The Labute approximate surface area is 84.2 Å². The van der Waals surface area contributed by atoms with Gasteiger partial charge < -0.3 is 4.72 Å². The van der Waals surface area contributed by atoms with Gasteiger partial charge in [0, 0.05) is 23.5 Å². The van der Waals surface area contributed by atoms with Gasteiger partial charge in [-0.3, -0.25) is 5.14 Å².